The molecule has 0 spiro atoms. The molecular weight excluding hydrogens is 590 g/mol. The Labute approximate surface area is 272 Å². The Morgan fingerprint density at radius 3 is 1.52 bits per heavy atom. The predicted molar refractivity (Wildman–Crippen MR) is 162 cm³/mol. The predicted octanol–water partition coefficient (Wildman–Crippen LogP) is 7.72. The largest absolute Gasteiger partial charge is 2.00 e. The van der Waals surface area contributed by atoms with E-state index in [1.165, 1.54) is 33.1 Å². The molecular formula is C36H35Fe2NS+4. The standard InChI is InChI=1S/C26H25NS.2C5H5.2Fe/c1-20-16-18-23(19-17-20)28-25-15-9-14-24(25)26(27(2)3,22-12-7-8-13-22)21-10-5-4-6-11-21;2*1-2-4-5-3-1;;/h4-19H,1-3H3;2*1-5H;;/q;;;2*+2/t26-;;;;/m0..../s1. The van der Waals surface area contributed by atoms with Crippen molar-refractivity contribution in [1.82, 2.24) is 4.90 Å². The summed E-state index contributed by atoms with van der Waals surface area (Å²) in [6.45, 7) is 2.13. The minimum atomic E-state index is -0.332. The van der Waals surface area contributed by atoms with E-state index in [-0.39, 0.29) is 39.7 Å². The van der Waals surface area contributed by atoms with E-state index in [9.17, 15) is 0 Å². The van der Waals surface area contributed by atoms with Crippen LogP contribution in [0.15, 0.2) is 59.5 Å². The topological polar surface area (TPSA) is 3.24 Å². The van der Waals surface area contributed by atoms with E-state index in [1.54, 1.807) is 0 Å². The second-order valence-corrected chi connectivity index (χ2v) is 10.4. The molecule has 2 aromatic rings. The number of nitrogens with zero attached hydrogens (tertiary/aromatic N) is 1. The van der Waals surface area contributed by atoms with Crippen LogP contribution in [0.1, 0.15) is 11.1 Å². The molecule has 20 radical (unpaired) electrons. The molecule has 0 unspecified atom stereocenters. The molecule has 4 aliphatic rings. The first-order valence-corrected chi connectivity index (χ1v) is 13.7. The maximum absolute atomic E-state index is 2.34. The zero-order valence-corrected chi connectivity index (χ0v) is 26.1. The average molecular weight is 625 g/mol. The van der Waals surface area contributed by atoms with Crippen molar-refractivity contribution in [3.8, 4) is 0 Å². The fourth-order valence-corrected chi connectivity index (χ4v) is 5.69. The van der Waals surface area contributed by atoms with Gasteiger partial charge in [0.05, 0.1) is 5.54 Å². The van der Waals surface area contributed by atoms with Crippen LogP contribution in [0.2, 0.25) is 0 Å². The Bertz CT molecular complexity index is 879. The molecule has 1 nitrogen and oxygen atoms in total. The van der Waals surface area contributed by atoms with Crippen LogP contribution >= 0.6 is 11.8 Å². The molecule has 1 atom stereocenters. The van der Waals surface area contributed by atoms with E-state index in [0.29, 0.717) is 0 Å². The van der Waals surface area contributed by atoms with E-state index < -0.39 is 0 Å². The number of aryl methyl sites for hydroxylation is 1. The van der Waals surface area contributed by atoms with E-state index in [0.717, 1.165) is 0 Å². The summed E-state index contributed by atoms with van der Waals surface area (Å²) in [4.78, 5) is 3.60. The van der Waals surface area contributed by atoms with Crippen molar-refractivity contribution >= 4 is 11.8 Å². The summed E-state index contributed by atoms with van der Waals surface area (Å²) >= 11 is 1.84. The summed E-state index contributed by atoms with van der Waals surface area (Å²) in [7, 11) is 4.35. The van der Waals surface area contributed by atoms with Crippen molar-refractivity contribution in [3.05, 3.63) is 192 Å². The molecule has 4 aliphatic carbocycles. The van der Waals surface area contributed by atoms with Crippen LogP contribution in [0.4, 0.5) is 0 Å². The Morgan fingerprint density at radius 1 is 0.550 bits per heavy atom. The SMILES string of the molecule is Cc1ccc(S[C]2[CH][CH][CH][C]2[C@@]([C]2[CH][CH][CH][CH]2)(c2ccccc2)N(C)C)cc1.[CH]1[CH][CH][CH][CH]1.[CH]1[CH][CH][CH][CH]1.[Fe+2].[Fe+2]. The average Bonchev–Trinajstić information content (AvgIpc) is 3.77. The van der Waals surface area contributed by atoms with Crippen molar-refractivity contribution < 1.29 is 34.1 Å². The summed E-state index contributed by atoms with van der Waals surface area (Å²) in [5.74, 6) is 2.61. The third kappa shape index (κ3) is 9.65. The van der Waals surface area contributed by atoms with E-state index >= 15 is 0 Å². The van der Waals surface area contributed by atoms with Crippen molar-refractivity contribution in [3.63, 3.8) is 0 Å². The molecule has 2 aromatic carbocycles. The summed E-state index contributed by atoms with van der Waals surface area (Å²) in [6.07, 6.45) is 35.4. The first-order chi connectivity index (χ1) is 18.6. The number of rotatable bonds is 6. The fraction of sp³-hybridized carbons (Fsp3) is 0.111. The van der Waals surface area contributed by atoms with Gasteiger partial charge in [-0.05, 0) is 148 Å². The van der Waals surface area contributed by atoms with Gasteiger partial charge in [0.2, 0.25) is 0 Å². The Morgan fingerprint density at radius 2 is 1.05 bits per heavy atom. The van der Waals surface area contributed by atoms with Gasteiger partial charge in [-0.2, -0.15) is 0 Å². The van der Waals surface area contributed by atoms with Gasteiger partial charge < -0.3 is 0 Å². The van der Waals surface area contributed by atoms with Crippen LogP contribution in [0, 0.1) is 133 Å². The fourth-order valence-electron chi connectivity index (χ4n) is 4.70. The first kappa shape index (κ1) is 36.0. The van der Waals surface area contributed by atoms with Gasteiger partial charge in [0, 0.05) is 22.0 Å². The normalized spacial score (nSPS) is 21.0. The Balaban J connectivity index is 0.000000392. The van der Waals surface area contributed by atoms with Gasteiger partial charge in [-0.15, -0.1) is 11.8 Å². The Kier molecular flexibility index (Phi) is 17.2. The molecule has 202 valence electrons. The van der Waals surface area contributed by atoms with Gasteiger partial charge in [0.25, 0.3) is 0 Å². The van der Waals surface area contributed by atoms with Gasteiger partial charge in [-0.25, -0.2) is 0 Å². The van der Waals surface area contributed by atoms with Crippen LogP contribution in [0.5, 0.6) is 0 Å². The first-order valence-electron chi connectivity index (χ1n) is 12.9. The maximum Gasteiger partial charge on any atom is 2.00 e. The maximum atomic E-state index is 2.34. The molecule has 4 heteroatoms. The van der Waals surface area contributed by atoms with Crippen molar-refractivity contribution in [2.24, 2.45) is 0 Å². The molecule has 40 heavy (non-hydrogen) atoms. The molecule has 0 bridgehead atoms. The van der Waals surface area contributed by atoms with Crippen molar-refractivity contribution in [2.75, 3.05) is 14.1 Å². The van der Waals surface area contributed by atoms with Crippen LogP contribution < -0.4 is 0 Å². The van der Waals surface area contributed by atoms with Crippen LogP contribution in [-0.4, -0.2) is 19.0 Å². The van der Waals surface area contributed by atoms with Gasteiger partial charge in [0.1, 0.15) is 0 Å². The zero-order valence-electron chi connectivity index (χ0n) is 23.1. The number of hydrogen-bond acceptors (Lipinski definition) is 2. The second-order valence-electron chi connectivity index (χ2n) is 9.29. The van der Waals surface area contributed by atoms with Crippen LogP contribution in [0.25, 0.3) is 0 Å². The second kappa shape index (κ2) is 19.1. The minimum absolute atomic E-state index is 0. The minimum Gasteiger partial charge on any atom is -0.299 e. The molecule has 0 heterocycles. The van der Waals surface area contributed by atoms with Gasteiger partial charge in [-0.1, -0.05) is 48.0 Å². The number of benzene rings is 2. The monoisotopic (exact) mass is 625 g/mol. The molecule has 0 aromatic heterocycles. The van der Waals surface area contributed by atoms with E-state index in [1.807, 2.05) is 76.0 Å². The van der Waals surface area contributed by atoms with Crippen LogP contribution in [-0.2, 0) is 39.7 Å². The summed E-state index contributed by atoms with van der Waals surface area (Å²) in [5, 5.41) is 1.29. The number of hydrogen-bond donors (Lipinski definition) is 0. The number of thioether (sulfide) groups is 1. The Hall–Kier alpha value is -0.211. The third-order valence-corrected chi connectivity index (χ3v) is 7.55. The third-order valence-electron chi connectivity index (χ3n) is 6.47. The van der Waals surface area contributed by atoms with Crippen molar-refractivity contribution in [1.29, 1.82) is 0 Å². The van der Waals surface area contributed by atoms with Crippen LogP contribution in [0.3, 0.4) is 0 Å². The molecule has 0 saturated heterocycles. The molecule has 0 aliphatic heterocycles. The van der Waals surface area contributed by atoms with Gasteiger partial charge in [-0.3, -0.25) is 4.90 Å². The van der Waals surface area contributed by atoms with Gasteiger partial charge in [0.15, 0.2) is 0 Å². The smallest absolute Gasteiger partial charge is 0.299 e. The summed E-state index contributed by atoms with van der Waals surface area (Å²) < 4.78 is 0. The van der Waals surface area contributed by atoms with Crippen molar-refractivity contribution in [2.45, 2.75) is 17.4 Å². The molecule has 4 saturated carbocycles. The molecule has 0 amide bonds. The summed E-state index contributed by atoms with van der Waals surface area (Å²) in [5.41, 5.74) is 2.24. The molecule has 4 fully saturated rings. The molecule has 0 N–H and O–H groups in total. The van der Waals surface area contributed by atoms with E-state index in [2.05, 4.69) is 125 Å². The summed E-state index contributed by atoms with van der Waals surface area (Å²) in [6, 6.07) is 19.6. The zero-order chi connectivity index (χ0) is 26.6. The van der Waals surface area contributed by atoms with E-state index in [4.69, 9.17) is 0 Å². The molecule has 6 rings (SSSR count). The quantitative estimate of drug-likeness (QED) is 0.303. The van der Waals surface area contributed by atoms with Gasteiger partial charge >= 0.3 is 34.1 Å².